The molecule has 0 aliphatic carbocycles. The number of methoxy groups -OCH3 is 1. The van der Waals surface area contributed by atoms with Gasteiger partial charge in [0.2, 0.25) is 0 Å². The fourth-order valence-corrected chi connectivity index (χ4v) is 1.78. The molecular weight excluding hydrogens is 206 g/mol. The molecule has 0 aliphatic heterocycles. The van der Waals surface area contributed by atoms with E-state index in [-0.39, 0.29) is 11.9 Å². The van der Waals surface area contributed by atoms with Gasteiger partial charge in [0.1, 0.15) is 0 Å². The number of amides is 1. The van der Waals surface area contributed by atoms with Crippen LogP contribution in [0, 0.1) is 0 Å². The molecule has 0 rings (SSSR count). The second-order valence-corrected chi connectivity index (χ2v) is 3.92. The number of ether oxygens (including phenoxy) is 1. The lowest BCUT2D eigenvalue weighted by atomic mass is 10.1. The number of hydrogen-bond donors (Lipinski definition) is 2. The van der Waals surface area contributed by atoms with E-state index in [1.54, 1.807) is 7.11 Å². The number of nitrogens with two attached hydrogens (primary N) is 1. The van der Waals surface area contributed by atoms with Crippen molar-refractivity contribution in [2.75, 3.05) is 20.3 Å². The quantitative estimate of drug-likeness (QED) is 0.363. The van der Waals surface area contributed by atoms with Gasteiger partial charge in [0.25, 0.3) is 5.91 Å². The molecule has 5 nitrogen and oxygen atoms in total. The Hall–Kier alpha value is -0.650. The Kier molecular flexibility index (Phi) is 8.15. The van der Waals surface area contributed by atoms with Gasteiger partial charge in [-0.15, -0.1) is 0 Å². The van der Waals surface area contributed by atoms with Gasteiger partial charge in [0.15, 0.2) is 0 Å². The molecule has 96 valence electrons. The predicted octanol–water partition coefficient (Wildman–Crippen LogP) is 0.502. The second kappa shape index (κ2) is 8.50. The van der Waals surface area contributed by atoms with Gasteiger partial charge in [0.05, 0.1) is 12.6 Å². The Morgan fingerprint density at radius 3 is 2.44 bits per heavy atom. The Balaban J connectivity index is 4.61. The molecule has 0 bridgehead atoms. The molecule has 0 aromatic rings. The number of rotatable bonds is 8. The van der Waals surface area contributed by atoms with Gasteiger partial charge in [-0.2, -0.15) is 0 Å². The summed E-state index contributed by atoms with van der Waals surface area (Å²) in [7, 11) is 1.67. The van der Waals surface area contributed by atoms with Crippen LogP contribution < -0.4 is 11.3 Å². The molecule has 0 radical (unpaired) electrons. The molecular formula is C11H25N3O2. The summed E-state index contributed by atoms with van der Waals surface area (Å²) in [6.07, 6.45) is 1.75. The van der Waals surface area contributed by atoms with Gasteiger partial charge < -0.3 is 4.74 Å². The molecule has 0 aromatic carbocycles. The zero-order valence-electron chi connectivity index (χ0n) is 10.8. The van der Waals surface area contributed by atoms with Gasteiger partial charge in [-0.1, -0.05) is 13.8 Å². The molecule has 0 aliphatic rings. The van der Waals surface area contributed by atoms with Gasteiger partial charge in [-0.05, 0) is 19.8 Å². The number of hydrogen-bond acceptors (Lipinski definition) is 4. The summed E-state index contributed by atoms with van der Waals surface area (Å²) in [5.41, 5.74) is 2.23. The molecule has 3 N–H and O–H groups in total. The average molecular weight is 231 g/mol. The molecule has 0 aromatic heterocycles. The first-order chi connectivity index (χ1) is 7.62. The second-order valence-electron chi connectivity index (χ2n) is 3.92. The van der Waals surface area contributed by atoms with Crippen LogP contribution >= 0.6 is 0 Å². The Morgan fingerprint density at radius 1 is 1.44 bits per heavy atom. The van der Waals surface area contributed by atoms with Crippen molar-refractivity contribution in [3.63, 3.8) is 0 Å². The van der Waals surface area contributed by atoms with Gasteiger partial charge in [-0.3, -0.25) is 15.1 Å². The highest BCUT2D eigenvalue weighted by Crippen LogP contribution is 2.11. The first-order valence-corrected chi connectivity index (χ1v) is 5.87. The van der Waals surface area contributed by atoms with E-state index in [0.29, 0.717) is 12.6 Å². The molecule has 0 fully saturated rings. The van der Waals surface area contributed by atoms with Crippen molar-refractivity contribution in [2.24, 2.45) is 5.84 Å². The fraction of sp³-hybridized carbons (Fsp3) is 0.909. The van der Waals surface area contributed by atoms with Crippen LogP contribution in [0.1, 0.15) is 33.6 Å². The van der Waals surface area contributed by atoms with Crippen LogP contribution in [0.25, 0.3) is 0 Å². The smallest absolute Gasteiger partial charge is 0.251 e. The molecule has 1 amide bonds. The third-order valence-electron chi connectivity index (χ3n) is 2.94. The zero-order chi connectivity index (χ0) is 12.6. The minimum atomic E-state index is -0.171. The van der Waals surface area contributed by atoms with Crippen molar-refractivity contribution in [1.82, 2.24) is 10.3 Å². The van der Waals surface area contributed by atoms with Gasteiger partial charge in [-0.25, -0.2) is 5.84 Å². The topological polar surface area (TPSA) is 67.6 Å². The summed E-state index contributed by atoms with van der Waals surface area (Å²) >= 11 is 0. The highest BCUT2D eigenvalue weighted by atomic mass is 16.5. The monoisotopic (exact) mass is 231 g/mol. The first kappa shape index (κ1) is 15.3. The van der Waals surface area contributed by atoms with Crippen molar-refractivity contribution in [3.8, 4) is 0 Å². The van der Waals surface area contributed by atoms with E-state index in [4.69, 9.17) is 10.6 Å². The number of nitrogens with one attached hydrogen (secondary N) is 1. The van der Waals surface area contributed by atoms with Crippen molar-refractivity contribution < 1.29 is 9.53 Å². The Labute approximate surface area is 98.3 Å². The van der Waals surface area contributed by atoms with E-state index in [2.05, 4.69) is 24.2 Å². The summed E-state index contributed by atoms with van der Waals surface area (Å²) in [4.78, 5) is 13.8. The van der Waals surface area contributed by atoms with Crippen molar-refractivity contribution in [3.05, 3.63) is 0 Å². The summed E-state index contributed by atoms with van der Waals surface area (Å²) in [5.74, 6) is 5.07. The summed E-state index contributed by atoms with van der Waals surface area (Å²) in [6.45, 7) is 7.58. The first-order valence-electron chi connectivity index (χ1n) is 5.87. The standard InChI is InChI=1S/C11H25N3O2/c1-5-9(3)14(7-8-16-4)10(6-2)11(15)13-12/h9-10H,5-8,12H2,1-4H3,(H,13,15). The zero-order valence-corrected chi connectivity index (χ0v) is 10.8. The van der Waals surface area contributed by atoms with Gasteiger partial charge >= 0.3 is 0 Å². The maximum Gasteiger partial charge on any atom is 0.251 e. The van der Waals surface area contributed by atoms with Crippen LogP contribution in [-0.2, 0) is 9.53 Å². The maximum absolute atomic E-state index is 11.6. The van der Waals surface area contributed by atoms with Crippen LogP contribution in [0.2, 0.25) is 0 Å². The lowest BCUT2D eigenvalue weighted by molar-refractivity contribution is -0.127. The predicted molar refractivity (Wildman–Crippen MR) is 64.7 cm³/mol. The largest absolute Gasteiger partial charge is 0.383 e. The Bertz CT molecular complexity index is 200. The molecule has 2 unspecified atom stereocenters. The van der Waals surface area contributed by atoms with Crippen LogP contribution in [0.15, 0.2) is 0 Å². The van der Waals surface area contributed by atoms with E-state index in [1.165, 1.54) is 0 Å². The van der Waals surface area contributed by atoms with Crippen molar-refractivity contribution in [2.45, 2.75) is 45.7 Å². The minimum Gasteiger partial charge on any atom is -0.383 e. The summed E-state index contributed by atoms with van der Waals surface area (Å²) < 4.78 is 5.07. The third kappa shape index (κ3) is 4.47. The van der Waals surface area contributed by atoms with E-state index in [0.717, 1.165) is 19.4 Å². The van der Waals surface area contributed by atoms with Crippen molar-refractivity contribution in [1.29, 1.82) is 0 Å². The summed E-state index contributed by atoms with van der Waals surface area (Å²) in [6, 6.07) is 0.174. The summed E-state index contributed by atoms with van der Waals surface area (Å²) in [5, 5.41) is 0. The number of carbonyl (C=O) groups excluding carboxylic acids is 1. The molecule has 16 heavy (non-hydrogen) atoms. The van der Waals surface area contributed by atoms with Crippen LogP contribution in [0.3, 0.4) is 0 Å². The third-order valence-corrected chi connectivity index (χ3v) is 2.94. The van der Waals surface area contributed by atoms with E-state index < -0.39 is 0 Å². The highest BCUT2D eigenvalue weighted by molar-refractivity contribution is 5.81. The highest BCUT2D eigenvalue weighted by Gasteiger charge is 2.26. The Morgan fingerprint density at radius 2 is 2.06 bits per heavy atom. The molecule has 2 atom stereocenters. The van der Waals surface area contributed by atoms with Crippen LogP contribution in [0.4, 0.5) is 0 Å². The molecule has 0 saturated heterocycles. The molecule has 0 spiro atoms. The normalized spacial score (nSPS) is 14.9. The maximum atomic E-state index is 11.6. The van der Waals surface area contributed by atoms with Gasteiger partial charge in [0, 0.05) is 19.7 Å². The molecule has 0 saturated carbocycles. The fourth-order valence-electron chi connectivity index (χ4n) is 1.78. The van der Waals surface area contributed by atoms with Crippen molar-refractivity contribution >= 4 is 5.91 Å². The lowest BCUT2D eigenvalue weighted by Crippen LogP contribution is -2.52. The van der Waals surface area contributed by atoms with Crippen LogP contribution in [-0.4, -0.2) is 43.2 Å². The molecule has 0 heterocycles. The SMILES string of the molecule is CCC(C)N(CCOC)C(CC)C(=O)NN. The average Bonchev–Trinajstić information content (AvgIpc) is 2.32. The minimum absolute atomic E-state index is 0.126. The number of nitrogens with zero attached hydrogens (tertiary/aromatic N) is 1. The van der Waals surface area contributed by atoms with E-state index in [1.807, 2.05) is 6.92 Å². The van der Waals surface area contributed by atoms with E-state index >= 15 is 0 Å². The van der Waals surface area contributed by atoms with Crippen LogP contribution in [0.5, 0.6) is 0 Å². The number of hydrazine groups is 1. The van der Waals surface area contributed by atoms with E-state index in [9.17, 15) is 4.79 Å². The molecule has 5 heteroatoms. The lowest BCUT2D eigenvalue weighted by Gasteiger charge is -2.34. The number of carbonyl (C=O) groups is 1.